The van der Waals surface area contributed by atoms with Crippen molar-refractivity contribution in [3.05, 3.63) is 48.0 Å². The van der Waals surface area contributed by atoms with Crippen LogP contribution in [0, 0.1) is 0 Å². The lowest BCUT2D eigenvalue weighted by Gasteiger charge is -2.28. The van der Waals surface area contributed by atoms with Crippen molar-refractivity contribution in [1.82, 2.24) is 0 Å². The summed E-state index contributed by atoms with van der Waals surface area (Å²) in [6, 6.07) is 12.9. The standard InChI is InChI=1S/C21H25N3O3/c1-27-19-11-10-16(14-18(19)24-13-5-4-8-21(24)26)23-20(25)12-9-15-6-2-3-7-17(15)22/h2-3,6-7,10-11,14H,4-5,8-9,12-13,22H2,1H3,(H,23,25). The second-order valence-corrected chi connectivity index (χ2v) is 6.64. The number of nitrogens with zero attached hydrogens (tertiary/aromatic N) is 1. The predicted octanol–water partition coefficient (Wildman–Crippen LogP) is 3.37. The van der Waals surface area contributed by atoms with Crippen LogP contribution in [0.1, 0.15) is 31.2 Å². The molecule has 0 atom stereocenters. The highest BCUT2D eigenvalue weighted by molar-refractivity contribution is 5.97. The highest BCUT2D eigenvalue weighted by Gasteiger charge is 2.23. The number of nitrogen functional groups attached to an aromatic ring is 1. The minimum absolute atomic E-state index is 0.0857. The Morgan fingerprint density at radius 3 is 2.78 bits per heavy atom. The summed E-state index contributed by atoms with van der Waals surface area (Å²) < 4.78 is 5.40. The summed E-state index contributed by atoms with van der Waals surface area (Å²) in [4.78, 5) is 26.3. The van der Waals surface area contributed by atoms with E-state index in [1.165, 1.54) is 0 Å². The first-order chi connectivity index (χ1) is 13.1. The Labute approximate surface area is 159 Å². The number of nitrogens with two attached hydrogens (primary N) is 1. The van der Waals surface area contributed by atoms with Gasteiger partial charge in [-0.25, -0.2) is 0 Å². The molecule has 0 aromatic heterocycles. The van der Waals surface area contributed by atoms with Gasteiger partial charge in [0.05, 0.1) is 12.8 Å². The molecular weight excluding hydrogens is 342 g/mol. The van der Waals surface area contributed by atoms with Gasteiger partial charge in [-0.3, -0.25) is 9.59 Å². The largest absolute Gasteiger partial charge is 0.495 e. The molecule has 6 nitrogen and oxygen atoms in total. The molecule has 2 aromatic carbocycles. The van der Waals surface area contributed by atoms with Crippen LogP contribution in [0.2, 0.25) is 0 Å². The second kappa shape index (κ2) is 8.58. The number of hydrogen-bond donors (Lipinski definition) is 2. The molecule has 1 saturated heterocycles. The van der Waals surface area contributed by atoms with E-state index in [9.17, 15) is 9.59 Å². The molecule has 0 radical (unpaired) electrons. The van der Waals surface area contributed by atoms with Crippen LogP contribution in [0.4, 0.5) is 17.1 Å². The molecule has 2 aromatic rings. The molecule has 0 aliphatic carbocycles. The van der Waals surface area contributed by atoms with Gasteiger partial charge in [0.2, 0.25) is 11.8 Å². The predicted molar refractivity (Wildman–Crippen MR) is 107 cm³/mol. The van der Waals surface area contributed by atoms with Crippen molar-refractivity contribution < 1.29 is 14.3 Å². The Hall–Kier alpha value is -3.02. The number of benzene rings is 2. The van der Waals surface area contributed by atoms with Gasteiger partial charge < -0.3 is 20.7 Å². The van der Waals surface area contributed by atoms with Crippen molar-refractivity contribution in [3.8, 4) is 5.75 Å². The summed E-state index contributed by atoms with van der Waals surface area (Å²) in [7, 11) is 1.58. The summed E-state index contributed by atoms with van der Waals surface area (Å²) in [5, 5.41) is 2.90. The number of hydrogen-bond acceptors (Lipinski definition) is 4. The van der Waals surface area contributed by atoms with Gasteiger partial charge in [-0.2, -0.15) is 0 Å². The van der Waals surface area contributed by atoms with Crippen LogP contribution in [0.15, 0.2) is 42.5 Å². The van der Waals surface area contributed by atoms with Gasteiger partial charge in [-0.1, -0.05) is 18.2 Å². The van der Waals surface area contributed by atoms with Crippen molar-refractivity contribution in [1.29, 1.82) is 0 Å². The monoisotopic (exact) mass is 367 g/mol. The Balaban J connectivity index is 1.69. The Morgan fingerprint density at radius 2 is 2.04 bits per heavy atom. The van der Waals surface area contributed by atoms with Gasteiger partial charge in [0.1, 0.15) is 5.75 Å². The Kier molecular flexibility index (Phi) is 5.96. The lowest BCUT2D eigenvalue weighted by molar-refractivity contribution is -0.119. The number of carbonyl (C=O) groups excluding carboxylic acids is 2. The van der Waals surface area contributed by atoms with Crippen LogP contribution in [0.5, 0.6) is 5.75 Å². The van der Waals surface area contributed by atoms with Crippen LogP contribution < -0.4 is 20.7 Å². The molecule has 0 unspecified atom stereocenters. The summed E-state index contributed by atoms with van der Waals surface area (Å²) >= 11 is 0. The molecule has 0 saturated carbocycles. The van der Waals surface area contributed by atoms with Gasteiger partial charge in [-0.05, 0) is 49.1 Å². The molecule has 27 heavy (non-hydrogen) atoms. The van der Waals surface area contributed by atoms with Gasteiger partial charge >= 0.3 is 0 Å². The molecule has 1 heterocycles. The van der Waals surface area contributed by atoms with E-state index in [2.05, 4.69) is 5.32 Å². The van der Waals surface area contributed by atoms with Crippen LogP contribution in [0.25, 0.3) is 0 Å². The van der Waals surface area contributed by atoms with Crippen molar-refractivity contribution in [2.24, 2.45) is 0 Å². The fourth-order valence-corrected chi connectivity index (χ4v) is 3.27. The normalized spacial score (nSPS) is 14.1. The minimum atomic E-state index is -0.0978. The number of piperidine rings is 1. The topological polar surface area (TPSA) is 84.7 Å². The zero-order valence-corrected chi connectivity index (χ0v) is 15.5. The number of nitrogens with one attached hydrogen (secondary N) is 1. The summed E-state index contributed by atoms with van der Waals surface area (Å²) in [6.07, 6.45) is 3.32. The lowest BCUT2D eigenvalue weighted by atomic mass is 10.1. The van der Waals surface area contributed by atoms with Gasteiger partial charge in [0.25, 0.3) is 0 Å². The number of anilines is 3. The molecule has 0 spiro atoms. The second-order valence-electron chi connectivity index (χ2n) is 6.64. The van der Waals surface area contributed by atoms with Crippen molar-refractivity contribution in [2.75, 3.05) is 29.6 Å². The zero-order valence-electron chi connectivity index (χ0n) is 15.5. The van der Waals surface area contributed by atoms with Gasteiger partial charge in [-0.15, -0.1) is 0 Å². The SMILES string of the molecule is COc1ccc(NC(=O)CCc2ccccc2N)cc1N1CCCCC1=O. The third-order valence-corrected chi connectivity index (χ3v) is 4.75. The smallest absolute Gasteiger partial charge is 0.227 e. The number of methoxy groups -OCH3 is 1. The quantitative estimate of drug-likeness (QED) is 0.767. The van der Waals surface area contributed by atoms with Crippen molar-refractivity contribution >= 4 is 28.9 Å². The number of carbonyl (C=O) groups is 2. The average Bonchev–Trinajstić information content (AvgIpc) is 2.68. The fourth-order valence-electron chi connectivity index (χ4n) is 3.27. The number of para-hydroxylation sites is 1. The van der Waals surface area contributed by atoms with Gasteiger partial charge in [0, 0.05) is 30.8 Å². The number of amides is 2. The van der Waals surface area contributed by atoms with Crippen LogP contribution in [-0.4, -0.2) is 25.5 Å². The van der Waals surface area contributed by atoms with Crippen molar-refractivity contribution in [2.45, 2.75) is 32.1 Å². The van der Waals surface area contributed by atoms with Crippen LogP contribution in [0.3, 0.4) is 0 Å². The molecule has 1 fully saturated rings. The maximum atomic E-state index is 12.3. The fraction of sp³-hybridized carbons (Fsp3) is 0.333. The maximum absolute atomic E-state index is 12.3. The number of aryl methyl sites for hydroxylation is 1. The van der Waals surface area contributed by atoms with E-state index in [4.69, 9.17) is 10.5 Å². The molecule has 3 N–H and O–H groups in total. The van der Waals surface area contributed by atoms with E-state index in [1.807, 2.05) is 24.3 Å². The summed E-state index contributed by atoms with van der Waals surface area (Å²) in [5.41, 5.74) is 8.93. The van der Waals surface area contributed by atoms with Crippen LogP contribution >= 0.6 is 0 Å². The first-order valence-corrected chi connectivity index (χ1v) is 9.20. The number of rotatable bonds is 6. The molecule has 1 aliphatic heterocycles. The average molecular weight is 367 g/mol. The van der Waals surface area contributed by atoms with E-state index >= 15 is 0 Å². The molecule has 1 aliphatic rings. The molecule has 6 heteroatoms. The lowest BCUT2D eigenvalue weighted by Crippen LogP contribution is -2.35. The summed E-state index contributed by atoms with van der Waals surface area (Å²) in [6.45, 7) is 0.667. The molecule has 142 valence electrons. The highest BCUT2D eigenvalue weighted by atomic mass is 16.5. The van der Waals surface area contributed by atoms with Crippen LogP contribution in [-0.2, 0) is 16.0 Å². The number of ether oxygens (including phenoxy) is 1. The van der Waals surface area contributed by atoms with E-state index in [0.717, 1.165) is 18.4 Å². The molecule has 3 rings (SSSR count). The minimum Gasteiger partial charge on any atom is -0.495 e. The molecule has 0 bridgehead atoms. The Morgan fingerprint density at radius 1 is 1.22 bits per heavy atom. The molecular formula is C21H25N3O3. The third-order valence-electron chi connectivity index (χ3n) is 4.75. The van der Waals surface area contributed by atoms with E-state index in [0.29, 0.717) is 48.6 Å². The van der Waals surface area contributed by atoms with Crippen molar-refractivity contribution in [3.63, 3.8) is 0 Å². The summed E-state index contributed by atoms with van der Waals surface area (Å²) in [5.74, 6) is 0.613. The Bertz CT molecular complexity index is 835. The highest BCUT2D eigenvalue weighted by Crippen LogP contribution is 2.33. The van der Waals surface area contributed by atoms with E-state index < -0.39 is 0 Å². The van der Waals surface area contributed by atoms with Gasteiger partial charge in [0.15, 0.2) is 0 Å². The van der Waals surface area contributed by atoms with E-state index in [1.54, 1.807) is 30.2 Å². The first-order valence-electron chi connectivity index (χ1n) is 9.20. The first kappa shape index (κ1) is 18.8. The maximum Gasteiger partial charge on any atom is 0.227 e. The third kappa shape index (κ3) is 4.58. The van der Waals surface area contributed by atoms with E-state index in [-0.39, 0.29) is 11.8 Å². The zero-order chi connectivity index (χ0) is 19.2. The molecule has 2 amide bonds.